The SMILES string of the molecule is C#CCN1CCC(C(=O)NC2c3ccccc3CC2O)CC1. The fourth-order valence-corrected chi connectivity index (χ4v) is 3.50. The van der Waals surface area contributed by atoms with Gasteiger partial charge in [0.15, 0.2) is 0 Å². The highest BCUT2D eigenvalue weighted by Gasteiger charge is 2.34. The van der Waals surface area contributed by atoms with E-state index in [2.05, 4.69) is 16.1 Å². The van der Waals surface area contributed by atoms with Crippen LogP contribution in [0.15, 0.2) is 24.3 Å². The molecule has 0 aromatic heterocycles. The second-order valence-corrected chi connectivity index (χ2v) is 6.21. The molecule has 0 spiro atoms. The number of fused-ring (bicyclic) bond motifs is 1. The number of amides is 1. The lowest BCUT2D eigenvalue weighted by molar-refractivity contribution is -0.128. The number of carbonyl (C=O) groups excluding carboxylic acids is 1. The minimum atomic E-state index is -0.525. The van der Waals surface area contributed by atoms with E-state index >= 15 is 0 Å². The fraction of sp³-hybridized carbons (Fsp3) is 0.500. The molecule has 1 aromatic rings. The molecular formula is C18H22N2O2. The average molecular weight is 298 g/mol. The van der Waals surface area contributed by atoms with E-state index in [-0.39, 0.29) is 17.9 Å². The highest BCUT2D eigenvalue weighted by molar-refractivity contribution is 5.79. The van der Waals surface area contributed by atoms with Gasteiger partial charge in [-0.2, -0.15) is 0 Å². The van der Waals surface area contributed by atoms with Gasteiger partial charge in [0.2, 0.25) is 5.91 Å². The number of carbonyl (C=O) groups is 1. The lowest BCUT2D eigenvalue weighted by Gasteiger charge is -2.31. The van der Waals surface area contributed by atoms with Crippen LogP contribution in [-0.2, 0) is 11.2 Å². The summed E-state index contributed by atoms with van der Waals surface area (Å²) < 4.78 is 0. The molecule has 0 bridgehead atoms. The number of hydrogen-bond donors (Lipinski definition) is 2. The monoisotopic (exact) mass is 298 g/mol. The van der Waals surface area contributed by atoms with Gasteiger partial charge in [0.1, 0.15) is 0 Å². The summed E-state index contributed by atoms with van der Waals surface area (Å²) in [7, 11) is 0. The van der Waals surface area contributed by atoms with Crippen LogP contribution in [0, 0.1) is 18.3 Å². The first-order valence-electron chi connectivity index (χ1n) is 7.91. The van der Waals surface area contributed by atoms with E-state index in [0.717, 1.165) is 37.1 Å². The smallest absolute Gasteiger partial charge is 0.223 e. The van der Waals surface area contributed by atoms with Crippen molar-refractivity contribution in [2.75, 3.05) is 19.6 Å². The Kier molecular flexibility index (Phi) is 4.47. The largest absolute Gasteiger partial charge is 0.390 e. The van der Waals surface area contributed by atoms with Gasteiger partial charge in [-0.3, -0.25) is 9.69 Å². The lowest BCUT2D eigenvalue weighted by Crippen LogP contribution is -2.43. The van der Waals surface area contributed by atoms with Crippen molar-refractivity contribution < 1.29 is 9.90 Å². The molecule has 4 heteroatoms. The summed E-state index contributed by atoms with van der Waals surface area (Å²) in [5.74, 6) is 2.73. The third-order valence-corrected chi connectivity index (χ3v) is 4.78. The van der Waals surface area contributed by atoms with E-state index < -0.39 is 6.10 Å². The van der Waals surface area contributed by atoms with Crippen LogP contribution in [0.5, 0.6) is 0 Å². The van der Waals surface area contributed by atoms with E-state index in [1.54, 1.807) is 0 Å². The van der Waals surface area contributed by atoms with Gasteiger partial charge in [-0.25, -0.2) is 0 Å². The van der Waals surface area contributed by atoms with Gasteiger partial charge >= 0.3 is 0 Å². The molecule has 2 N–H and O–H groups in total. The van der Waals surface area contributed by atoms with Gasteiger partial charge in [-0.1, -0.05) is 30.2 Å². The predicted octanol–water partition coefficient (Wildman–Crippen LogP) is 1.11. The van der Waals surface area contributed by atoms with Crippen LogP contribution in [0.25, 0.3) is 0 Å². The summed E-state index contributed by atoms with van der Waals surface area (Å²) >= 11 is 0. The van der Waals surface area contributed by atoms with Gasteiger partial charge in [0.25, 0.3) is 0 Å². The Morgan fingerprint density at radius 3 is 2.82 bits per heavy atom. The number of nitrogens with zero attached hydrogens (tertiary/aromatic N) is 1. The molecule has 2 aliphatic rings. The average Bonchev–Trinajstić information content (AvgIpc) is 2.84. The number of likely N-dealkylation sites (tertiary alicyclic amines) is 1. The molecule has 1 aromatic carbocycles. The standard InChI is InChI=1S/C18H22N2O2/c1-2-9-20-10-7-13(8-11-20)18(22)19-17-15-6-4-3-5-14(15)12-16(17)21/h1,3-6,13,16-17,21H,7-12H2,(H,19,22). The van der Waals surface area contributed by atoms with E-state index in [4.69, 9.17) is 6.42 Å². The molecule has 1 saturated heterocycles. The van der Waals surface area contributed by atoms with E-state index in [1.165, 1.54) is 0 Å². The summed E-state index contributed by atoms with van der Waals surface area (Å²) in [6.45, 7) is 2.39. The molecule has 2 unspecified atom stereocenters. The molecule has 1 heterocycles. The van der Waals surface area contributed by atoms with Crippen LogP contribution in [0.1, 0.15) is 30.0 Å². The lowest BCUT2D eigenvalue weighted by atomic mass is 9.95. The Morgan fingerprint density at radius 1 is 1.36 bits per heavy atom. The van der Waals surface area contributed by atoms with Gasteiger partial charge in [0, 0.05) is 12.3 Å². The zero-order valence-corrected chi connectivity index (χ0v) is 12.7. The summed E-state index contributed by atoms with van der Waals surface area (Å²) in [6, 6.07) is 7.66. The maximum atomic E-state index is 12.5. The molecule has 1 fully saturated rings. The molecule has 2 atom stereocenters. The van der Waals surface area contributed by atoms with Crippen molar-refractivity contribution in [2.45, 2.75) is 31.4 Å². The molecule has 116 valence electrons. The van der Waals surface area contributed by atoms with Crippen molar-refractivity contribution in [3.8, 4) is 12.3 Å². The van der Waals surface area contributed by atoms with Crippen molar-refractivity contribution in [3.63, 3.8) is 0 Å². The normalized spacial score (nSPS) is 25.5. The van der Waals surface area contributed by atoms with Crippen LogP contribution >= 0.6 is 0 Å². The van der Waals surface area contributed by atoms with Crippen LogP contribution in [0.3, 0.4) is 0 Å². The molecule has 4 nitrogen and oxygen atoms in total. The first-order valence-corrected chi connectivity index (χ1v) is 7.91. The molecule has 1 aliphatic heterocycles. The van der Waals surface area contributed by atoms with E-state index in [1.807, 2.05) is 24.3 Å². The fourth-order valence-electron chi connectivity index (χ4n) is 3.50. The molecule has 0 radical (unpaired) electrons. The van der Waals surface area contributed by atoms with E-state index in [9.17, 15) is 9.90 Å². The molecule has 1 amide bonds. The van der Waals surface area contributed by atoms with Crippen LogP contribution in [-0.4, -0.2) is 41.7 Å². The third-order valence-electron chi connectivity index (χ3n) is 4.78. The molecular weight excluding hydrogens is 276 g/mol. The van der Waals surface area contributed by atoms with Gasteiger partial charge in [-0.15, -0.1) is 6.42 Å². The Labute approximate surface area is 131 Å². The number of rotatable bonds is 3. The van der Waals surface area contributed by atoms with Crippen molar-refractivity contribution in [3.05, 3.63) is 35.4 Å². The first kappa shape index (κ1) is 15.1. The van der Waals surface area contributed by atoms with Crippen molar-refractivity contribution in [1.82, 2.24) is 10.2 Å². The molecule has 3 rings (SSSR count). The number of terminal acetylenes is 1. The predicted molar refractivity (Wildman–Crippen MR) is 85.0 cm³/mol. The number of nitrogens with one attached hydrogen (secondary N) is 1. The van der Waals surface area contributed by atoms with Crippen LogP contribution in [0.4, 0.5) is 0 Å². The maximum Gasteiger partial charge on any atom is 0.223 e. The Hall–Kier alpha value is -1.83. The summed E-state index contributed by atoms with van der Waals surface area (Å²) in [6.07, 6.45) is 7.07. The number of aliphatic hydroxyl groups excluding tert-OH is 1. The number of hydrogen-bond acceptors (Lipinski definition) is 3. The number of aliphatic hydroxyl groups is 1. The quantitative estimate of drug-likeness (QED) is 0.822. The van der Waals surface area contributed by atoms with Crippen LogP contribution < -0.4 is 5.32 Å². The summed E-state index contributed by atoms with van der Waals surface area (Å²) in [5, 5.41) is 13.3. The summed E-state index contributed by atoms with van der Waals surface area (Å²) in [5.41, 5.74) is 2.18. The minimum absolute atomic E-state index is 0.0222. The van der Waals surface area contributed by atoms with Gasteiger partial charge in [0.05, 0.1) is 18.7 Å². The maximum absolute atomic E-state index is 12.5. The van der Waals surface area contributed by atoms with Crippen LogP contribution in [0.2, 0.25) is 0 Å². The Bertz CT molecular complexity index is 585. The second-order valence-electron chi connectivity index (χ2n) is 6.21. The molecule has 22 heavy (non-hydrogen) atoms. The van der Waals surface area contributed by atoms with Crippen molar-refractivity contribution in [1.29, 1.82) is 0 Å². The zero-order chi connectivity index (χ0) is 15.5. The van der Waals surface area contributed by atoms with Crippen molar-refractivity contribution in [2.24, 2.45) is 5.92 Å². The third kappa shape index (κ3) is 3.01. The Balaban J connectivity index is 1.60. The molecule has 1 aliphatic carbocycles. The number of piperidine rings is 1. The van der Waals surface area contributed by atoms with Gasteiger partial charge < -0.3 is 10.4 Å². The zero-order valence-electron chi connectivity index (χ0n) is 12.7. The highest BCUT2D eigenvalue weighted by atomic mass is 16.3. The second kappa shape index (κ2) is 6.51. The number of benzene rings is 1. The Morgan fingerprint density at radius 2 is 2.09 bits per heavy atom. The van der Waals surface area contributed by atoms with E-state index in [0.29, 0.717) is 13.0 Å². The molecule has 0 saturated carbocycles. The first-order chi connectivity index (χ1) is 10.7. The van der Waals surface area contributed by atoms with Gasteiger partial charge in [-0.05, 0) is 37.1 Å². The summed E-state index contributed by atoms with van der Waals surface area (Å²) in [4.78, 5) is 14.7. The topological polar surface area (TPSA) is 52.6 Å². The minimum Gasteiger partial charge on any atom is -0.390 e. The highest BCUT2D eigenvalue weighted by Crippen LogP contribution is 2.32. The van der Waals surface area contributed by atoms with Crippen molar-refractivity contribution >= 4 is 5.91 Å².